The molecule has 0 saturated carbocycles. The van der Waals surface area contributed by atoms with Crippen molar-refractivity contribution in [3.8, 4) is 5.75 Å². The largest absolute Gasteiger partial charge is 0.497 e. The lowest BCUT2D eigenvalue weighted by molar-refractivity contribution is 0.0931. The van der Waals surface area contributed by atoms with Crippen molar-refractivity contribution < 1.29 is 9.84 Å². The summed E-state index contributed by atoms with van der Waals surface area (Å²) in [7, 11) is 1.61. The molecule has 1 N–H and O–H groups in total. The molecule has 2 nitrogen and oxygen atoms in total. The molecule has 84 valence electrons. The number of hydrogen-bond donors (Lipinski definition) is 1. The van der Waals surface area contributed by atoms with E-state index in [2.05, 4.69) is 18.9 Å². The summed E-state index contributed by atoms with van der Waals surface area (Å²) in [6, 6.07) is 7.24. The predicted molar refractivity (Wildman–Crippen MR) is 65.4 cm³/mol. The minimum atomic E-state index is -1.09. The first-order valence-electron chi connectivity index (χ1n) is 5.01. The Morgan fingerprint density at radius 2 is 2.06 bits per heavy atom. The lowest BCUT2D eigenvalue weighted by Gasteiger charge is -2.22. The molecule has 0 fully saturated rings. The highest BCUT2D eigenvalue weighted by molar-refractivity contribution is 5.33. The fourth-order valence-corrected chi connectivity index (χ4v) is 1.53. The average Bonchev–Trinajstić information content (AvgIpc) is 2.30. The summed E-state index contributed by atoms with van der Waals surface area (Å²) in [5.74, 6) is 0.757. The van der Waals surface area contributed by atoms with Crippen molar-refractivity contribution in [1.29, 1.82) is 0 Å². The van der Waals surface area contributed by atoms with Gasteiger partial charge in [-0.25, -0.2) is 0 Å². The topological polar surface area (TPSA) is 29.5 Å². The molecule has 1 unspecified atom stereocenters. The molecule has 1 rings (SSSR count). The van der Waals surface area contributed by atoms with E-state index >= 15 is 0 Å². The Morgan fingerprint density at radius 3 is 2.50 bits per heavy atom. The summed E-state index contributed by atoms with van der Waals surface area (Å²) >= 11 is 0. The zero-order valence-corrected chi connectivity index (χ0v) is 9.44. The monoisotopic (exact) mass is 216 g/mol. The van der Waals surface area contributed by atoms with Gasteiger partial charge in [0.05, 0.1) is 7.11 Å². The quantitative estimate of drug-likeness (QED) is 0.605. The second-order valence-corrected chi connectivity index (χ2v) is 3.49. The summed E-state index contributed by atoms with van der Waals surface area (Å²) in [6.07, 6.45) is 3.62. The van der Waals surface area contributed by atoms with Crippen molar-refractivity contribution in [2.24, 2.45) is 0 Å². The number of rotatable bonds is 5. The number of benzene rings is 1. The van der Waals surface area contributed by atoms with E-state index in [-0.39, 0.29) is 0 Å². The van der Waals surface area contributed by atoms with E-state index in [9.17, 15) is 5.11 Å². The van der Waals surface area contributed by atoms with Crippen LogP contribution < -0.4 is 4.74 Å². The molecule has 0 heterocycles. The Morgan fingerprint density at radius 1 is 1.44 bits per heavy atom. The molecule has 1 atom stereocenters. The minimum absolute atomic E-state index is 0.419. The van der Waals surface area contributed by atoms with Crippen LogP contribution in [0.2, 0.25) is 0 Å². The molecule has 0 bridgehead atoms. The molecular formula is C14H16O2. The van der Waals surface area contributed by atoms with Gasteiger partial charge < -0.3 is 9.84 Å². The first kappa shape index (κ1) is 12.3. The number of aliphatic hydroxyl groups is 1. The summed E-state index contributed by atoms with van der Waals surface area (Å²) in [5, 5.41) is 10.4. The maximum atomic E-state index is 10.4. The highest BCUT2D eigenvalue weighted by Crippen LogP contribution is 2.28. The van der Waals surface area contributed by atoms with Crippen LogP contribution in [0, 0.1) is 0 Å². The van der Waals surface area contributed by atoms with Crippen LogP contribution in [0.3, 0.4) is 0 Å². The molecule has 0 spiro atoms. The van der Waals surface area contributed by atoms with Crippen LogP contribution in [0.5, 0.6) is 5.75 Å². The third-order valence-electron chi connectivity index (χ3n) is 2.39. The second kappa shape index (κ2) is 5.36. The van der Waals surface area contributed by atoms with Crippen molar-refractivity contribution in [2.75, 3.05) is 7.11 Å². The van der Waals surface area contributed by atoms with Crippen LogP contribution in [-0.4, -0.2) is 12.2 Å². The molecule has 0 amide bonds. The van der Waals surface area contributed by atoms with Gasteiger partial charge in [0.15, 0.2) is 0 Å². The normalized spacial score (nSPS) is 13.4. The lowest BCUT2D eigenvalue weighted by Crippen LogP contribution is -2.21. The number of hydrogen-bond acceptors (Lipinski definition) is 2. The van der Waals surface area contributed by atoms with E-state index in [1.807, 2.05) is 12.1 Å². The van der Waals surface area contributed by atoms with Gasteiger partial charge in [-0.1, -0.05) is 24.8 Å². The van der Waals surface area contributed by atoms with Crippen LogP contribution in [0.15, 0.2) is 55.3 Å². The van der Waals surface area contributed by atoms with Gasteiger partial charge in [-0.05, 0) is 23.8 Å². The second-order valence-electron chi connectivity index (χ2n) is 3.49. The van der Waals surface area contributed by atoms with E-state index in [1.165, 1.54) is 6.08 Å². The van der Waals surface area contributed by atoms with Crippen molar-refractivity contribution in [3.05, 3.63) is 60.9 Å². The smallest absolute Gasteiger partial charge is 0.118 e. The minimum Gasteiger partial charge on any atom is -0.497 e. The maximum Gasteiger partial charge on any atom is 0.118 e. The molecule has 1 aromatic carbocycles. The molecule has 0 aliphatic heterocycles. The summed E-state index contributed by atoms with van der Waals surface area (Å²) < 4.78 is 5.06. The van der Waals surface area contributed by atoms with E-state index in [0.717, 1.165) is 11.3 Å². The Kier molecular flexibility index (Phi) is 4.12. The van der Waals surface area contributed by atoms with Gasteiger partial charge in [0.1, 0.15) is 11.4 Å². The van der Waals surface area contributed by atoms with Crippen molar-refractivity contribution in [1.82, 2.24) is 0 Å². The van der Waals surface area contributed by atoms with Crippen LogP contribution in [0.25, 0.3) is 0 Å². The van der Waals surface area contributed by atoms with Gasteiger partial charge in [-0.15, -0.1) is 12.3 Å². The summed E-state index contributed by atoms with van der Waals surface area (Å²) in [4.78, 5) is 0. The average molecular weight is 216 g/mol. The van der Waals surface area contributed by atoms with E-state index in [1.54, 1.807) is 25.3 Å². The Balaban J connectivity index is 3.10. The first-order valence-corrected chi connectivity index (χ1v) is 5.01. The standard InChI is InChI=1S/C14H16O2/c1-4-10-14(15,11-5-2)12-6-8-13(16-3)9-7-12/h4,6-9,11,15H,1-2,10H2,3H3. The van der Waals surface area contributed by atoms with Gasteiger partial charge in [0.25, 0.3) is 0 Å². The van der Waals surface area contributed by atoms with Gasteiger partial charge in [-0.3, -0.25) is 0 Å². The number of ether oxygens (including phenoxy) is 1. The first-order chi connectivity index (χ1) is 7.66. The SMILES string of the molecule is C=C=CC(O)(CC=C)c1ccc(OC)cc1. The van der Waals surface area contributed by atoms with Gasteiger partial charge in [-0.2, -0.15) is 0 Å². The molecular weight excluding hydrogens is 200 g/mol. The van der Waals surface area contributed by atoms with E-state index in [4.69, 9.17) is 4.74 Å². The van der Waals surface area contributed by atoms with Gasteiger partial charge in [0.2, 0.25) is 0 Å². The number of methoxy groups -OCH3 is 1. The van der Waals surface area contributed by atoms with Crippen LogP contribution in [0.4, 0.5) is 0 Å². The van der Waals surface area contributed by atoms with Crippen molar-refractivity contribution in [3.63, 3.8) is 0 Å². The maximum absolute atomic E-state index is 10.4. The van der Waals surface area contributed by atoms with Gasteiger partial charge in [0, 0.05) is 6.42 Å². The van der Waals surface area contributed by atoms with E-state index < -0.39 is 5.60 Å². The van der Waals surface area contributed by atoms with Crippen LogP contribution in [0.1, 0.15) is 12.0 Å². The van der Waals surface area contributed by atoms with Crippen LogP contribution in [-0.2, 0) is 5.60 Å². The molecule has 0 saturated heterocycles. The fourth-order valence-electron chi connectivity index (χ4n) is 1.53. The van der Waals surface area contributed by atoms with Crippen molar-refractivity contribution in [2.45, 2.75) is 12.0 Å². The predicted octanol–water partition coefficient (Wildman–Crippen LogP) is 2.80. The molecule has 2 heteroatoms. The van der Waals surface area contributed by atoms with Crippen molar-refractivity contribution >= 4 is 0 Å². The molecule has 1 aromatic rings. The lowest BCUT2D eigenvalue weighted by atomic mass is 9.90. The Bertz CT molecular complexity index is 399. The Hall–Kier alpha value is -1.76. The third-order valence-corrected chi connectivity index (χ3v) is 2.39. The Labute approximate surface area is 96.2 Å². The fraction of sp³-hybridized carbons (Fsp3) is 0.214. The molecule has 0 aliphatic carbocycles. The summed E-state index contributed by atoms with van der Waals surface area (Å²) in [6.45, 7) is 7.12. The van der Waals surface area contributed by atoms with Gasteiger partial charge >= 0.3 is 0 Å². The molecule has 0 aromatic heterocycles. The van der Waals surface area contributed by atoms with E-state index in [0.29, 0.717) is 6.42 Å². The summed E-state index contributed by atoms with van der Waals surface area (Å²) in [5.41, 5.74) is 2.30. The highest BCUT2D eigenvalue weighted by Gasteiger charge is 2.24. The highest BCUT2D eigenvalue weighted by atomic mass is 16.5. The van der Waals surface area contributed by atoms with Crippen LogP contribution >= 0.6 is 0 Å². The molecule has 0 radical (unpaired) electrons. The third kappa shape index (κ3) is 2.63. The molecule has 0 aliphatic rings. The zero-order chi connectivity index (χ0) is 12.0. The zero-order valence-electron chi connectivity index (χ0n) is 9.44. The molecule has 16 heavy (non-hydrogen) atoms.